The number of carbonyl (C=O) groups is 1. The number of para-hydroxylation sites is 3. The smallest absolute Gasteiger partial charge is 0.319 e. The second-order valence-electron chi connectivity index (χ2n) is 5.97. The molecule has 24 heavy (non-hydrogen) atoms. The fraction of sp³-hybridized carbons (Fsp3) is 0.316. The van der Waals surface area contributed by atoms with Crippen molar-refractivity contribution in [3.63, 3.8) is 0 Å². The Hall–Kier alpha value is -2.69. The zero-order chi connectivity index (χ0) is 16.8. The lowest BCUT2D eigenvalue weighted by Crippen LogP contribution is -2.34. The number of amides is 2. The molecule has 2 amide bonds. The Kier molecular flexibility index (Phi) is 5.21. The predicted molar refractivity (Wildman–Crippen MR) is 96.8 cm³/mol. The van der Waals surface area contributed by atoms with Gasteiger partial charge in [0.1, 0.15) is 5.75 Å². The van der Waals surface area contributed by atoms with Gasteiger partial charge in [0.15, 0.2) is 0 Å². The number of carbonyl (C=O) groups excluding carboxylic acids is 1. The highest BCUT2D eigenvalue weighted by Gasteiger charge is 2.24. The molecule has 0 unspecified atom stereocenters. The van der Waals surface area contributed by atoms with Crippen LogP contribution in [0.15, 0.2) is 54.6 Å². The van der Waals surface area contributed by atoms with E-state index in [1.165, 1.54) is 0 Å². The number of hydrogen-bond acceptors (Lipinski definition) is 3. The first-order valence-electron chi connectivity index (χ1n) is 8.24. The first kappa shape index (κ1) is 16.2. The van der Waals surface area contributed by atoms with E-state index in [1.54, 1.807) is 7.11 Å². The molecule has 0 aliphatic carbocycles. The topological polar surface area (TPSA) is 53.6 Å². The average molecular weight is 325 g/mol. The molecular weight excluding hydrogens is 302 g/mol. The molecule has 126 valence electrons. The standard InChI is InChI=1S/C19H23N3O2/c1-24-18-10-6-5-9-17(18)22-12-11-15(14-22)13-20-19(23)21-16-7-3-2-4-8-16/h2-10,15H,11-14H2,1H3,(H2,20,21,23)/t15-/m1/s1. The van der Waals surface area contributed by atoms with Gasteiger partial charge in [0.2, 0.25) is 0 Å². The van der Waals surface area contributed by atoms with Crippen LogP contribution in [0.25, 0.3) is 0 Å². The molecule has 1 atom stereocenters. The Morgan fingerprint density at radius 2 is 1.92 bits per heavy atom. The Balaban J connectivity index is 1.49. The number of rotatable bonds is 5. The van der Waals surface area contributed by atoms with E-state index >= 15 is 0 Å². The van der Waals surface area contributed by atoms with Crippen molar-refractivity contribution in [2.24, 2.45) is 5.92 Å². The number of nitrogens with zero attached hydrogens (tertiary/aromatic N) is 1. The van der Waals surface area contributed by atoms with Gasteiger partial charge in [0, 0.05) is 25.3 Å². The largest absolute Gasteiger partial charge is 0.495 e. The second kappa shape index (κ2) is 7.73. The summed E-state index contributed by atoms with van der Waals surface area (Å²) in [5.74, 6) is 1.34. The minimum Gasteiger partial charge on any atom is -0.495 e. The third kappa shape index (κ3) is 3.98. The lowest BCUT2D eigenvalue weighted by atomic mass is 10.1. The molecule has 1 aliphatic rings. The van der Waals surface area contributed by atoms with Gasteiger partial charge in [-0.25, -0.2) is 4.79 Å². The van der Waals surface area contributed by atoms with Gasteiger partial charge >= 0.3 is 6.03 Å². The van der Waals surface area contributed by atoms with Crippen molar-refractivity contribution in [3.8, 4) is 5.75 Å². The molecule has 0 saturated carbocycles. The summed E-state index contributed by atoms with van der Waals surface area (Å²) in [5.41, 5.74) is 1.92. The van der Waals surface area contributed by atoms with E-state index in [1.807, 2.05) is 48.5 Å². The van der Waals surface area contributed by atoms with E-state index in [0.717, 1.165) is 36.6 Å². The van der Waals surface area contributed by atoms with Crippen LogP contribution in [0.1, 0.15) is 6.42 Å². The van der Waals surface area contributed by atoms with Gasteiger partial charge in [-0.05, 0) is 36.6 Å². The molecule has 5 nitrogen and oxygen atoms in total. The van der Waals surface area contributed by atoms with Crippen molar-refractivity contribution in [2.45, 2.75) is 6.42 Å². The molecule has 1 fully saturated rings. The summed E-state index contributed by atoms with van der Waals surface area (Å²) >= 11 is 0. The molecule has 2 aromatic rings. The number of hydrogen-bond donors (Lipinski definition) is 2. The predicted octanol–water partition coefficient (Wildman–Crippen LogP) is 3.34. The highest BCUT2D eigenvalue weighted by Crippen LogP contribution is 2.31. The zero-order valence-corrected chi connectivity index (χ0v) is 13.9. The molecule has 0 aromatic heterocycles. The van der Waals surface area contributed by atoms with Gasteiger partial charge in [0.25, 0.3) is 0 Å². The fourth-order valence-corrected chi connectivity index (χ4v) is 3.04. The number of anilines is 2. The lowest BCUT2D eigenvalue weighted by molar-refractivity contribution is 0.250. The van der Waals surface area contributed by atoms with Gasteiger partial charge < -0.3 is 20.3 Å². The normalized spacial score (nSPS) is 16.7. The van der Waals surface area contributed by atoms with Crippen LogP contribution >= 0.6 is 0 Å². The molecule has 3 rings (SSSR count). The summed E-state index contributed by atoms with van der Waals surface area (Å²) in [5, 5.41) is 5.81. The molecule has 0 bridgehead atoms. The summed E-state index contributed by atoms with van der Waals surface area (Å²) in [4.78, 5) is 14.3. The van der Waals surface area contributed by atoms with E-state index < -0.39 is 0 Å². The summed E-state index contributed by atoms with van der Waals surface area (Å²) in [7, 11) is 1.70. The van der Waals surface area contributed by atoms with E-state index in [0.29, 0.717) is 12.5 Å². The lowest BCUT2D eigenvalue weighted by Gasteiger charge is -2.21. The molecule has 1 aliphatic heterocycles. The summed E-state index contributed by atoms with van der Waals surface area (Å²) in [6.07, 6.45) is 1.06. The van der Waals surface area contributed by atoms with Gasteiger partial charge in [0.05, 0.1) is 12.8 Å². The first-order valence-corrected chi connectivity index (χ1v) is 8.24. The highest BCUT2D eigenvalue weighted by molar-refractivity contribution is 5.89. The first-order chi connectivity index (χ1) is 11.8. The molecule has 0 spiro atoms. The van der Waals surface area contributed by atoms with Crippen LogP contribution in [0.4, 0.5) is 16.2 Å². The molecule has 1 heterocycles. The van der Waals surface area contributed by atoms with Crippen molar-refractivity contribution in [3.05, 3.63) is 54.6 Å². The molecule has 1 saturated heterocycles. The Bertz CT molecular complexity index is 675. The van der Waals surface area contributed by atoms with Crippen molar-refractivity contribution in [1.29, 1.82) is 0 Å². The van der Waals surface area contributed by atoms with Crippen molar-refractivity contribution in [2.75, 3.05) is 37.0 Å². The van der Waals surface area contributed by atoms with E-state index in [9.17, 15) is 4.79 Å². The Morgan fingerprint density at radius 3 is 2.71 bits per heavy atom. The zero-order valence-electron chi connectivity index (χ0n) is 13.9. The van der Waals surface area contributed by atoms with Crippen molar-refractivity contribution in [1.82, 2.24) is 5.32 Å². The molecule has 2 aromatic carbocycles. The maximum atomic E-state index is 12.0. The monoisotopic (exact) mass is 325 g/mol. The second-order valence-corrected chi connectivity index (χ2v) is 5.97. The van der Waals surface area contributed by atoms with Crippen LogP contribution in [0, 0.1) is 5.92 Å². The fourth-order valence-electron chi connectivity index (χ4n) is 3.04. The minimum atomic E-state index is -0.156. The SMILES string of the molecule is COc1ccccc1N1CC[C@H](CNC(=O)Nc2ccccc2)C1. The maximum Gasteiger partial charge on any atom is 0.319 e. The van der Waals surface area contributed by atoms with E-state index in [-0.39, 0.29) is 6.03 Å². The van der Waals surface area contributed by atoms with Crippen molar-refractivity contribution < 1.29 is 9.53 Å². The maximum absolute atomic E-state index is 12.0. The van der Waals surface area contributed by atoms with E-state index in [4.69, 9.17) is 4.74 Å². The van der Waals surface area contributed by atoms with Gasteiger partial charge in [-0.3, -0.25) is 0 Å². The molecular formula is C19H23N3O2. The molecule has 2 N–H and O–H groups in total. The van der Waals surface area contributed by atoms with Gasteiger partial charge in [-0.1, -0.05) is 30.3 Å². The van der Waals surface area contributed by atoms with Gasteiger partial charge in [-0.2, -0.15) is 0 Å². The third-order valence-corrected chi connectivity index (χ3v) is 4.29. The van der Waals surface area contributed by atoms with Crippen LogP contribution < -0.4 is 20.3 Å². The Labute approximate surface area is 142 Å². The molecule has 0 radical (unpaired) electrons. The van der Waals surface area contributed by atoms with Gasteiger partial charge in [-0.15, -0.1) is 0 Å². The summed E-state index contributed by atoms with van der Waals surface area (Å²) in [6.45, 7) is 2.57. The number of benzene rings is 2. The number of nitrogens with one attached hydrogen (secondary N) is 2. The Morgan fingerprint density at radius 1 is 1.17 bits per heavy atom. The highest BCUT2D eigenvalue weighted by atomic mass is 16.5. The summed E-state index contributed by atoms with van der Waals surface area (Å²) < 4.78 is 5.44. The number of urea groups is 1. The number of ether oxygens (including phenoxy) is 1. The van der Waals surface area contributed by atoms with Crippen LogP contribution in [0.3, 0.4) is 0 Å². The van der Waals surface area contributed by atoms with Crippen LogP contribution in [0.2, 0.25) is 0 Å². The van der Waals surface area contributed by atoms with Crippen LogP contribution in [-0.4, -0.2) is 32.8 Å². The molecule has 5 heteroatoms. The number of methoxy groups -OCH3 is 1. The quantitative estimate of drug-likeness (QED) is 0.886. The van der Waals surface area contributed by atoms with Crippen molar-refractivity contribution >= 4 is 17.4 Å². The third-order valence-electron chi connectivity index (χ3n) is 4.29. The van der Waals surface area contributed by atoms with Crippen LogP contribution in [-0.2, 0) is 0 Å². The average Bonchev–Trinajstić information content (AvgIpc) is 3.09. The minimum absolute atomic E-state index is 0.156. The van der Waals surface area contributed by atoms with Crippen LogP contribution in [0.5, 0.6) is 5.75 Å². The van der Waals surface area contributed by atoms with E-state index in [2.05, 4.69) is 21.6 Å². The summed E-state index contributed by atoms with van der Waals surface area (Å²) in [6, 6.07) is 17.4.